The molecule has 0 bridgehead atoms. The van der Waals surface area contributed by atoms with Gasteiger partial charge in [-0.2, -0.15) is 0 Å². The Kier molecular flexibility index (Phi) is 4.33. The van der Waals surface area contributed by atoms with Gasteiger partial charge in [0.15, 0.2) is 0 Å². The van der Waals surface area contributed by atoms with Gasteiger partial charge in [-0.15, -0.1) is 0 Å². The molecule has 0 fully saturated rings. The van der Waals surface area contributed by atoms with Gasteiger partial charge in [0.1, 0.15) is 0 Å². The molecule has 1 aliphatic heterocycles. The third kappa shape index (κ3) is 3.02. The Balaban J connectivity index is 2.01. The minimum atomic E-state index is -3.66. The fourth-order valence-electron chi connectivity index (χ4n) is 3.21. The average molecular weight is 358 g/mol. The van der Waals surface area contributed by atoms with E-state index < -0.39 is 10.0 Å². The lowest BCUT2D eigenvalue weighted by Crippen LogP contribution is -2.27. The highest BCUT2D eigenvalue weighted by Gasteiger charge is 2.27. The zero-order valence-corrected chi connectivity index (χ0v) is 15.7. The van der Waals surface area contributed by atoms with Crippen molar-refractivity contribution in [3.8, 4) is 0 Å². The molecule has 1 aliphatic rings. The van der Waals surface area contributed by atoms with Crippen LogP contribution in [0.15, 0.2) is 41.3 Å². The minimum Gasteiger partial charge on any atom is -0.312 e. The molecule has 0 atom stereocenters. The standard InChI is InChI=1S/C19H22N2O3S/c1-13-5-6-14(2)19(11-13)20(4)25(23,24)17-7-8-18-16(12-17)9-10-21(18)15(3)22/h5-8,11-12H,9-10H2,1-4H3. The van der Waals surface area contributed by atoms with E-state index >= 15 is 0 Å². The van der Waals surface area contributed by atoms with Crippen molar-refractivity contribution in [2.45, 2.75) is 32.1 Å². The van der Waals surface area contributed by atoms with E-state index in [1.165, 1.54) is 11.2 Å². The second kappa shape index (κ2) is 6.19. The fourth-order valence-corrected chi connectivity index (χ4v) is 4.52. The van der Waals surface area contributed by atoms with Crippen LogP contribution in [0.2, 0.25) is 0 Å². The van der Waals surface area contributed by atoms with E-state index in [1.807, 2.05) is 32.0 Å². The normalized spacial score (nSPS) is 13.7. The predicted octanol–water partition coefficient (Wildman–Crippen LogP) is 3.04. The molecule has 0 aromatic heterocycles. The molecule has 132 valence electrons. The maximum atomic E-state index is 13.1. The number of amides is 1. The Hall–Kier alpha value is -2.34. The highest BCUT2D eigenvalue weighted by Crippen LogP contribution is 2.32. The number of carbonyl (C=O) groups excluding carboxylic acids is 1. The molecule has 0 saturated carbocycles. The summed E-state index contributed by atoms with van der Waals surface area (Å²) in [6.45, 7) is 5.96. The van der Waals surface area contributed by atoms with E-state index in [9.17, 15) is 13.2 Å². The van der Waals surface area contributed by atoms with Crippen molar-refractivity contribution in [3.63, 3.8) is 0 Å². The van der Waals surface area contributed by atoms with Crippen molar-refractivity contribution in [2.24, 2.45) is 0 Å². The van der Waals surface area contributed by atoms with E-state index in [4.69, 9.17) is 0 Å². The highest BCUT2D eigenvalue weighted by molar-refractivity contribution is 7.92. The predicted molar refractivity (Wildman–Crippen MR) is 99.7 cm³/mol. The van der Waals surface area contributed by atoms with Gasteiger partial charge in [0, 0.05) is 26.2 Å². The number of carbonyl (C=O) groups is 1. The molecule has 25 heavy (non-hydrogen) atoms. The summed E-state index contributed by atoms with van der Waals surface area (Å²) < 4.78 is 27.4. The van der Waals surface area contributed by atoms with Crippen molar-refractivity contribution in [2.75, 3.05) is 22.8 Å². The molecule has 0 aliphatic carbocycles. The van der Waals surface area contributed by atoms with Crippen LogP contribution in [0.4, 0.5) is 11.4 Å². The number of benzene rings is 2. The zero-order chi connectivity index (χ0) is 18.4. The lowest BCUT2D eigenvalue weighted by Gasteiger charge is -2.22. The van der Waals surface area contributed by atoms with Gasteiger partial charge in [-0.25, -0.2) is 8.42 Å². The van der Waals surface area contributed by atoms with Crippen LogP contribution in [0.1, 0.15) is 23.6 Å². The Morgan fingerprint density at radius 3 is 2.52 bits per heavy atom. The molecule has 3 rings (SSSR count). The summed E-state index contributed by atoms with van der Waals surface area (Å²) >= 11 is 0. The Bertz CT molecular complexity index is 951. The van der Waals surface area contributed by atoms with Gasteiger partial charge < -0.3 is 4.90 Å². The van der Waals surface area contributed by atoms with Crippen LogP contribution in [-0.2, 0) is 21.2 Å². The third-order valence-corrected chi connectivity index (χ3v) is 6.46. The van der Waals surface area contributed by atoms with Crippen LogP contribution in [0.3, 0.4) is 0 Å². The van der Waals surface area contributed by atoms with Crippen LogP contribution < -0.4 is 9.21 Å². The molecule has 2 aromatic carbocycles. The van der Waals surface area contributed by atoms with Gasteiger partial charge in [0.25, 0.3) is 10.0 Å². The van der Waals surface area contributed by atoms with E-state index in [0.717, 1.165) is 22.4 Å². The van der Waals surface area contributed by atoms with E-state index in [0.29, 0.717) is 18.7 Å². The van der Waals surface area contributed by atoms with Crippen molar-refractivity contribution < 1.29 is 13.2 Å². The van der Waals surface area contributed by atoms with Crippen molar-refractivity contribution in [1.29, 1.82) is 0 Å². The Morgan fingerprint density at radius 2 is 1.84 bits per heavy atom. The van der Waals surface area contributed by atoms with Crippen LogP contribution >= 0.6 is 0 Å². The van der Waals surface area contributed by atoms with E-state index in [2.05, 4.69) is 0 Å². The third-order valence-electron chi connectivity index (χ3n) is 4.69. The molecule has 0 spiro atoms. The SMILES string of the molecule is CC(=O)N1CCc2cc(S(=O)(=O)N(C)c3cc(C)ccc3C)ccc21. The van der Waals surface area contributed by atoms with Crippen molar-refractivity contribution in [3.05, 3.63) is 53.1 Å². The number of fused-ring (bicyclic) bond motifs is 1. The Morgan fingerprint density at radius 1 is 1.12 bits per heavy atom. The van der Waals surface area contributed by atoms with Gasteiger partial charge >= 0.3 is 0 Å². The average Bonchev–Trinajstić information content (AvgIpc) is 2.99. The van der Waals surface area contributed by atoms with Crippen LogP contribution in [0.5, 0.6) is 0 Å². The molecule has 5 nitrogen and oxygen atoms in total. The zero-order valence-electron chi connectivity index (χ0n) is 14.9. The number of aryl methyl sites for hydroxylation is 2. The van der Waals surface area contributed by atoms with Crippen LogP contribution in [-0.4, -0.2) is 27.9 Å². The topological polar surface area (TPSA) is 57.7 Å². The summed E-state index contributed by atoms with van der Waals surface area (Å²) in [5.41, 5.74) is 4.28. The molecule has 6 heteroatoms. The van der Waals surface area contributed by atoms with Gasteiger partial charge in [-0.3, -0.25) is 9.10 Å². The maximum Gasteiger partial charge on any atom is 0.264 e. The summed E-state index contributed by atoms with van der Waals surface area (Å²) in [7, 11) is -2.09. The van der Waals surface area contributed by atoms with Crippen molar-refractivity contribution in [1.82, 2.24) is 0 Å². The molecule has 0 saturated heterocycles. The number of rotatable bonds is 3. The smallest absolute Gasteiger partial charge is 0.264 e. The van der Waals surface area contributed by atoms with Crippen molar-refractivity contribution >= 4 is 27.3 Å². The summed E-state index contributed by atoms with van der Waals surface area (Å²) in [5.74, 6) is -0.0261. The molecule has 1 amide bonds. The van der Waals surface area contributed by atoms with E-state index in [-0.39, 0.29) is 10.8 Å². The van der Waals surface area contributed by atoms with Crippen LogP contribution in [0, 0.1) is 13.8 Å². The maximum absolute atomic E-state index is 13.1. The second-order valence-electron chi connectivity index (χ2n) is 6.47. The molecule has 2 aromatic rings. The molecular weight excluding hydrogens is 336 g/mol. The van der Waals surface area contributed by atoms with Gasteiger partial charge in [0.05, 0.1) is 10.6 Å². The summed E-state index contributed by atoms with van der Waals surface area (Å²) in [6, 6.07) is 10.8. The van der Waals surface area contributed by atoms with Crippen LogP contribution in [0.25, 0.3) is 0 Å². The number of nitrogens with zero attached hydrogens (tertiary/aromatic N) is 2. The molecule has 1 heterocycles. The molecular formula is C19H22N2O3S. The Labute approximate surface area is 148 Å². The number of hydrogen-bond acceptors (Lipinski definition) is 3. The second-order valence-corrected chi connectivity index (χ2v) is 8.44. The van der Waals surface area contributed by atoms with E-state index in [1.54, 1.807) is 30.1 Å². The number of anilines is 2. The summed E-state index contributed by atoms with van der Waals surface area (Å²) in [4.78, 5) is 13.6. The van der Waals surface area contributed by atoms with Gasteiger partial charge in [0.2, 0.25) is 5.91 Å². The first-order valence-electron chi connectivity index (χ1n) is 8.19. The minimum absolute atomic E-state index is 0.0261. The number of sulfonamides is 1. The molecule has 0 unspecified atom stereocenters. The quantitative estimate of drug-likeness (QED) is 0.847. The molecule has 0 radical (unpaired) electrons. The fraction of sp³-hybridized carbons (Fsp3) is 0.316. The first-order valence-corrected chi connectivity index (χ1v) is 9.63. The highest BCUT2D eigenvalue weighted by atomic mass is 32.2. The first kappa shape index (κ1) is 17.5. The number of hydrogen-bond donors (Lipinski definition) is 0. The summed E-state index contributed by atoms with van der Waals surface area (Å²) in [5, 5.41) is 0. The lowest BCUT2D eigenvalue weighted by atomic mass is 10.1. The first-order chi connectivity index (χ1) is 11.7. The lowest BCUT2D eigenvalue weighted by molar-refractivity contribution is -0.116. The van der Waals surface area contributed by atoms with Gasteiger partial charge in [-0.05, 0) is 61.2 Å². The largest absolute Gasteiger partial charge is 0.312 e. The summed E-state index contributed by atoms with van der Waals surface area (Å²) in [6.07, 6.45) is 0.672. The monoisotopic (exact) mass is 358 g/mol. The van der Waals surface area contributed by atoms with Gasteiger partial charge in [-0.1, -0.05) is 12.1 Å². The molecule has 0 N–H and O–H groups in total.